The molecule has 1 aromatic rings. The standard InChI is InChI=1S/C11H19N3S/c1-3-5-14(6-4-2)8-10-9-15-11(7-12)13-10/h3,9H,1,4-8,12H2,2H3. The van der Waals surface area contributed by atoms with E-state index < -0.39 is 0 Å². The summed E-state index contributed by atoms with van der Waals surface area (Å²) < 4.78 is 0. The van der Waals surface area contributed by atoms with E-state index in [0.717, 1.165) is 36.8 Å². The van der Waals surface area contributed by atoms with E-state index in [4.69, 9.17) is 5.73 Å². The largest absolute Gasteiger partial charge is 0.325 e. The Morgan fingerprint density at radius 3 is 3.00 bits per heavy atom. The maximum absolute atomic E-state index is 5.53. The molecule has 2 N–H and O–H groups in total. The van der Waals surface area contributed by atoms with E-state index in [-0.39, 0.29) is 0 Å². The average molecular weight is 225 g/mol. The predicted molar refractivity (Wildman–Crippen MR) is 65.8 cm³/mol. The smallest absolute Gasteiger partial charge is 0.106 e. The van der Waals surface area contributed by atoms with Crippen molar-refractivity contribution in [3.63, 3.8) is 0 Å². The Hall–Kier alpha value is -0.710. The third-order valence-corrected chi connectivity index (χ3v) is 3.01. The lowest BCUT2D eigenvalue weighted by Crippen LogP contribution is -2.24. The van der Waals surface area contributed by atoms with Crippen LogP contribution in [-0.4, -0.2) is 23.0 Å². The zero-order valence-corrected chi connectivity index (χ0v) is 10.1. The molecular weight excluding hydrogens is 206 g/mol. The maximum atomic E-state index is 5.53. The monoisotopic (exact) mass is 225 g/mol. The summed E-state index contributed by atoms with van der Waals surface area (Å²) in [4.78, 5) is 6.79. The molecular formula is C11H19N3S. The minimum atomic E-state index is 0.542. The van der Waals surface area contributed by atoms with Crippen molar-refractivity contribution in [3.8, 4) is 0 Å². The van der Waals surface area contributed by atoms with Gasteiger partial charge in [0.05, 0.1) is 5.69 Å². The van der Waals surface area contributed by atoms with E-state index in [1.165, 1.54) is 0 Å². The number of rotatable bonds is 7. The highest BCUT2D eigenvalue weighted by molar-refractivity contribution is 7.09. The Morgan fingerprint density at radius 1 is 1.67 bits per heavy atom. The van der Waals surface area contributed by atoms with Gasteiger partial charge in [-0.1, -0.05) is 13.0 Å². The Balaban J connectivity index is 2.52. The maximum Gasteiger partial charge on any atom is 0.106 e. The SMILES string of the molecule is C=CCN(CCC)Cc1csc(CN)n1. The van der Waals surface area contributed by atoms with Gasteiger partial charge >= 0.3 is 0 Å². The van der Waals surface area contributed by atoms with Gasteiger partial charge in [0.1, 0.15) is 5.01 Å². The molecule has 4 heteroatoms. The summed E-state index contributed by atoms with van der Waals surface area (Å²) in [5.74, 6) is 0. The van der Waals surface area contributed by atoms with Crippen LogP contribution in [0, 0.1) is 0 Å². The van der Waals surface area contributed by atoms with E-state index in [1.807, 2.05) is 6.08 Å². The number of nitrogens with two attached hydrogens (primary N) is 1. The first-order chi connectivity index (χ1) is 7.30. The minimum absolute atomic E-state index is 0.542. The second kappa shape index (κ2) is 6.71. The van der Waals surface area contributed by atoms with Crippen LogP contribution in [0.5, 0.6) is 0 Å². The van der Waals surface area contributed by atoms with Gasteiger partial charge in [-0.05, 0) is 13.0 Å². The van der Waals surface area contributed by atoms with Crippen molar-refractivity contribution in [2.75, 3.05) is 13.1 Å². The van der Waals surface area contributed by atoms with Crippen molar-refractivity contribution in [1.29, 1.82) is 0 Å². The van der Waals surface area contributed by atoms with E-state index in [0.29, 0.717) is 6.54 Å². The molecule has 0 fully saturated rings. The molecule has 1 aromatic heterocycles. The first-order valence-electron chi connectivity index (χ1n) is 5.26. The third-order valence-electron chi connectivity index (χ3n) is 2.09. The van der Waals surface area contributed by atoms with Gasteiger partial charge in [0.2, 0.25) is 0 Å². The number of aromatic nitrogens is 1. The molecule has 0 spiro atoms. The van der Waals surface area contributed by atoms with E-state index >= 15 is 0 Å². The van der Waals surface area contributed by atoms with Crippen LogP contribution in [0.2, 0.25) is 0 Å². The lowest BCUT2D eigenvalue weighted by molar-refractivity contribution is 0.292. The Kier molecular flexibility index (Phi) is 5.53. The zero-order valence-electron chi connectivity index (χ0n) is 9.28. The van der Waals surface area contributed by atoms with Crippen LogP contribution in [0.4, 0.5) is 0 Å². The van der Waals surface area contributed by atoms with Gasteiger partial charge in [-0.3, -0.25) is 4.90 Å². The molecule has 1 rings (SSSR count). The quantitative estimate of drug-likeness (QED) is 0.722. The van der Waals surface area contributed by atoms with Gasteiger partial charge in [0, 0.05) is 25.0 Å². The summed E-state index contributed by atoms with van der Waals surface area (Å²) in [5.41, 5.74) is 6.65. The molecule has 0 atom stereocenters. The molecule has 0 unspecified atom stereocenters. The molecule has 0 saturated heterocycles. The van der Waals surface area contributed by atoms with Crippen LogP contribution in [0.3, 0.4) is 0 Å². The fourth-order valence-electron chi connectivity index (χ4n) is 1.48. The molecule has 0 aliphatic carbocycles. The van der Waals surface area contributed by atoms with Crippen LogP contribution in [0.1, 0.15) is 24.0 Å². The highest BCUT2D eigenvalue weighted by Crippen LogP contribution is 2.11. The summed E-state index contributed by atoms with van der Waals surface area (Å²) in [6, 6.07) is 0. The Morgan fingerprint density at radius 2 is 2.47 bits per heavy atom. The third kappa shape index (κ3) is 4.11. The normalized spacial score (nSPS) is 10.9. The number of thiazole rings is 1. The van der Waals surface area contributed by atoms with Gasteiger partial charge in [-0.25, -0.2) is 4.98 Å². The molecule has 84 valence electrons. The number of hydrogen-bond donors (Lipinski definition) is 1. The lowest BCUT2D eigenvalue weighted by Gasteiger charge is -2.18. The van der Waals surface area contributed by atoms with Crippen LogP contribution in [0.15, 0.2) is 18.0 Å². The summed E-state index contributed by atoms with van der Waals surface area (Å²) in [7, 11) is 0. The molecule has 3 nitrogen and oxygen atoms in total. The molecule has 0 aliphatic heterocycles. The van der Waals surface area contributed by atoms with Gasteiger partial charge < -0.3 is 5.73 Å². The summed E-state index contributed by atoms with van der Waals surface area (Å²) in [6.07, 6.45) is 3.09. The van der Waals surface area contributed by atoms with E-state index in [9.17, 15) is 0 Å². The Bertz CT molecular complexity index is 296. The first-order valence-corrected chi connectivity index (χ1v) is 6.14. The van der Waals surface area contributed by atoms with Crippen LogP contribution in [0.25, 0.3) is 0 Å². The molecule has 0 radical (unpaired) electrons. The van der Waals surface area contributed by atoms with Gasteiger partial charge in [0.15, 0.2) is 0 Å². The van der Waals surface area contributed by atoms with Crippen LogP contribution < -0.4 is 5.73 Å². The van der Waals surface area contributed by atoms with Gasteiger partial charge in [-0.15, -0.1) is 17.9 Å². The fourth-order valence-corrected chi connectivity index (χ4v) is 2.14. The van der Waals surface area contributed by atoms with Crippen molar-refractivity contribution in [1.82, 2.24) is 9.88 Å². The van der Waals surface area contributed by atoms with Crippen LogP contribution >= 0.6 is 11.3 Å². The molecule has 0 aliphatic rings. The molecule has 0 saturated carbocycles. The van der Waals surface area contributed by atoms with Crippen molar-refractivity contribution < 1.29 is 0 Å². The average Bonchev–Trinajstić information content (AvgIpc) is 2.66. The molecule has 0 bridgehead atoms. The summed E-state index contributed by atoms with van der Waals surface area (Å²) in [6.45, 7) is 9.39. The van der Waals surface area contributed by atoms with Crippen molar-refractivity contribution in [2.45, 2.75) is 26.4 Å². The van der Waals surface area contributed by atoms with E-state index in [1.54, 1.807) is 11.3 Å². The van der Waals surface area contributed by atoms with Gasteiger partial charge in [-0.2, -0.15) is 0 Å². The van der Waals surface area contributed by atoms with Crippen LogP contribution in [-0.2, 0) is 13.1 Å². The molecule has 0 amide bonds. The lowest BCUT2D eigenvalue weighted by atomic mass is 10.3. The van der Waals surface area contributed by atoms with E-state index in [2.05, 4.69) is 28.8 Å². The first kappa shape index (κ1) is 12.4. The highest BCUT2D eigenvalue weighted by atomic mass is 32.1. The summed E-state index contributed by atoms with van der Waals surface area (Å²) >= 11 is 1.64. The molecule has 15 heavy (non-hydrogen) atoms. The predicted octanol–water partition coefficient (Wildman–Crippen LogP) is 2.00. The topological polar surface area (TPSA) is 42.1 Å². The summed E-state index contributed by atoms with van der Waals surface area (Å²) in [5, 5.41) is 3.11. The van der Waals surface area contributed by atoms with Crippen molar-refractivity contribution in [3.05, 3.63) is 28.7 Å². The van der Waals surface area contributed by atoms with Crippen molar-refractivity contribution >= 4 is 11.3 Å². The second-order valence-electron chi connectivity index (χ2n) is 3.46. The number of nitrogens with zero attached hydrogens (tertiary/aromatic N) is 2. The second-order valence-corrected chi connectivity index (χ2v) is 4.40. The Labute approximate surface area is 95.6 Å². The zero-order chi connectivity index (χ0) is 11.1. The number of hydrogen-bond acceptors (Lipinski definition) is 4. The minimum Gasteiger partial charge on any atom is -0.325 e. The molecule has 1 heterocycles. The van der Waals surface area contributed by atoms with Crippen molar-refractivity contribution in [2.24, 2.45) is 5.73 Å². The van der Waals surface area contributed by atoms with Gasteiger partial charge in [0.25, 0.3) is 0 Å². The fraction of sp³-hybridized carbons (Fsp3) is 0.545. The molecule has 0 aromatic carbocycles. The highest BCUT2D eigenvalue weighted by Gasteiger charge is 2.06.